The first-order valence-electron chi connectivity index (χ1n) is 11.4. The molecular formula is C22H30N4O4S2. The van der Waals surface area contributed by atoms with Crippen LogP contribution in [0.2, 0.25) is 0 Å². The molecule has 2 saturated heterocycles. The van der Waals surface area contributed by atoms with Gasteiger partial charge in [0.1, 0.15) is 17.5 Å². The van der Waals surface area contributed by atoms with E-state index in [9.17, 15) is 19.5 Å². The first-order valence-corrected chi connectivity index (χ1v) is 13.2. The van der Waals surface area contributed by atoms with E-state index >= 15 is 0 Å². The highest BCUT2D eigenvalue weighted by Gasteiger charge is 2.64. The van der Waals surface area contributed by atoms with Crippen LogP contribution in [-0.4, -0.2) is 55.0 Å². The minimum absolute atomic E-state index is 0.202. The molecule has 1 aromatic rings. The number of nitrogens with one attached hydrogen (secondary N) is 1. The van der Waals surface area contributed by atoms with Crippen LogP contribution in [0.25, 0.3) is 0 Å². The van der Waals surface area contributed by atoms with Crippen molar-refractivity contribution in [1.29, 1.82) is 0 Å². The molecule has 0 aromatic carbocycles. The Morgan fingerprint density at radius 2 is 2.00 bits per heavy atom. The zero-order valence-corrected chi connectivity index (χ0v) is 20.0. The van der Waals surface area contributed by atoms with Crippen molar-refractivity contribution in [2.75, 3.05) is 5.73 Å². The Kier molecular flexibility index (Phi) is 5.43. The van der Waals surface area contributed by atoms with Crippen LogP contribution in [0.3, 0.4) is 0 Å². The summed E-state index contributed by atoms with van der Waals surface area (Å²) in [5.74, 6) is -0.0323. The van der Waals surface area contributed by atoms with E-state index < -0.39 is 28.7 Å². The van der Waals surface area contributed by atoms with Gasteiger partial charge < -0.3 is 21.1 Å². The minimum Gasteiger partial charge on any atom is -0.480 e. The molecule has 2 saturated carbocycles. The van der Waals surface area contributed by atoms with Crippen molar-refractivity contribution >= 4 is 46.0 Å². The summed E-state index contributed by atoms with van der Waals surface area (Å²) >= 11 is 2.77. The number of thioether (sulfide) groups is 1. The largest absolute Gasteiger partial charge is 0.480 e. The van der Waals surface area contributed by atoms with Crippen molar-refractivity contribution in [3.05, 3.63) is 11.1 Å². The highest BCUT2D eigenvalue weighted by atomic mass is 32.2. The van der Waals surface area contributed by atoms with Gasteiger partial charge in [-0.3, -0.25) is 9.59 Å². The number of carboxylic acid groups (broad SMARTS) is 1. The van der Waals surface area contributed by atoms with Gasteiger partial charge in [0.15, 0.2) is 5.13 Å². The molecule has 2 amide bonds. The van der Waals surface area contributed by atoms with Crippen LogP contribution >= 0.6 is 23.1 Å². The van der Waals surface area contributed by atoms with E-state index in [-0.39, 0.29) is 17.2 Å². The quantitative estimate of drug-likeness (QED) is 0.537. The van der Waals surface area contributed by atoms with Crippen LogP contribution in [0.5, 0.6) is 0 Å². The second-order valence-electron chi connectivity index (χ2n) is 10.1. The van der Waals surface area contributed by atoms with Crippen LogP contribution in [-0.2, 0) is 14.4 Å². The number of hydrogen-bond acceptors (Lipinski definition) is 7. The zero-order chi connectivity index (χ0) is 22.8. The monoisotopic (exact) mass is 478 g/mol. The van der Waals surface area contributed by atoms with E-state index in [4.69, 9.17) is 5.73 Å². The van der Waals surface area contributed by atoms with E-state index in [1.54, 1.807) is 0 Å². The van der Waals surface area contributed by atoms with Crippen molar-refractivity contribution < 1.29 is 19.5 Å². The van der Waals surface area contributed by atoms with Gasteiger partial charge in [-0.05, 0) is 50.9 Å². The number of nitrogens with zero attached hydrogens (tertiary/aromatic N) is 2. The van der Waals surface area contributed by atoms with Gasteiger partial charge >= 0.3 is 5.97 Å². The molecule has 0 radical (unpaired) electrons. The first-order chi connectivity index (χ1) is 15.2. The summed E-state index contributed by atoms with van der Waals surface area (Å²) in [6, 6.07) is -1.58. The standard InChI is InChI=1S/C22H30N4O4S2/c1-22(2)16(20(29)30)26-18(28)15(19(26)32-22)25-17(27)13(14-9-31-21(23)24-14)8-12-10-6-4-3-5-7-11(10)12/h9-13,15-16,19H,3-8H2,1-2H3,(H2,23,24)(H,25,27)(H,29,30)/t10?,11?,12?,13?,15-,16+,19-/m1/s1. The van der Waals surface area contributed by atoms with Gasteiger partial charge in [-0.15, -0.1) is 23.1 Å². The van der Waals surface area contributed by atoms with Crippen LogP contribution in [0, 0.1) is 17.8 Å². The molecule has 2 aliphatic heterocycles. The topological polar surface area (TPSA) is 126 Å². The lowest BCUT2D eigenvalue weighted by Crippen LogP contribution is -2.70. The summed E-state index contributed by atoms with van der Waals surface area (Å²) in [7, 11) is 0. The Balaban J connectivity index is 1.31. The average molecular weight is 479 g/mol. The molecule has 6 atom stereocenters. The fourth-order valence-electron chi connectivity index (χ4n) is 6.16. The molecule has 3 unspecified atom stereocenters. The molecule has 4 N–H and O–H groups in total. The van der Waals surface area contributed by atoms with Gasteiger partial charge in [0, 0.05) is 10.1 Å². The van der Waals surface area contributed by atoms with Crippen molar-refractivity contribution in [3.8, 4) is 0 Å². The van der Waals surface area contributed by atoms with Gasteiger partial charge in [0.05, 0.1) is 11.6 Å². The van der Waals surface area contributed by atoms with Crippen LogP contribution in [0.15, 0.2) is 5.38 Å². The summed E-state index contributed by atoms with van der Waals surface area (Å²) in [6.07, 6.45) is 7.05. The highest BCUT2D eigenvalue weighted by Crippen LogP contribution is 2.58. The number of carbonyl (C=O) groups is 3. The lowest BCUT2D eigenvalue weighted by molar-refractivity contribution is -0.161. The van der Waals surface area contributed by atoms with Crippen molar-refractivity contribution in [3.63, 3.8) is 0 Å². The van der Waals surface area contributed by atoms with Gasteiger partial charge in [0.2, 0.25) is 11.8 Å². The third-order valence-electron chi connectivity index (χ3n) is 7.78. The molecule has 2 aliphatic carbocycles. The number of hydrogen-bond donors (Lipinski definition) is 3. The number of amides is 2. The molecule has 32 heavy (non-hydrogen) atoms. The van der Waals surface area contributed by atoms with Gasteiger partial charge in [-0.1, -0.05) is 19.3 Å². The Morgan fingerprint density at radius 1 is 1.31 bits per heavy atom. The molecule has 0 spiro atoms. The zero-order valence-electron chi connectivity index (χ0n) is 18.3. The molecule has 0 bridgehead atoms. The number of rotatable bonds is 6. The highest BCUT2D eigenvalue weighted by molar-refractivity contribution is 8.01. The molecular weight excluding hydrogens is 448 g/mol. The van der Waals surface area contributed by atoms with Crippen molar-refractivity contribution in [2.24, 2.45) is 17.8 Å². The lowest BCUT2D eigenvalue weighted by Gasteiger charge is -2.44. The van der Waals surface area contributed by atoms with E-state index in [2.05, 4.69) is 10.3 Å². The number of β-lactam (4-membered cyclic amide) rings is 1. The first kappa shape index (κ1) is 22.0. The molecule has 3 heterocycles. The van der Waals surface area contributed by atoms with Crippen LogP contribution in [0.1, 0.15) is 64.0 Å². The Hall–Kier alpha value is -1.81. The van der Waals surface area contributed by atoms with Gasteiger partial charge in [0.25, 0.3) is 0 Å². The Bertz CT molecular complexity index is 938. The van der Waals surface area contributed by atoms with Crippen molar-refractivity contribution in [2.45, 2.75) is 80.5 Å². The number of nitrogens with two attached hydrogens (primary N) is 1. The summed E-state index contributed by atoms with van der Waals surface area (Å²) < 4.78 is -0.614. The van der Waals surface area contributed by atoms with Gasteiger partial charge in [-0.2, -0.15) is 0 Å². The Labute approximate surface area is 195 Å². The minimum atomic E-state index is -1.01. The average Bonchev–Trinajstić information content (AvgIpc) is 3.19. The normalized spacial score (nSPS) is 35.8. The molecule has 5 rings (SSSR count). The third kappa shape index (κ3) is 3.59. The summed E-state index contributed by atoms with van der Waals surface area (Å²) in [5.41, 5.74) is 6.54. The lowest BCUT2D eigenvalue weighted by atomic mass is 9.93. The van der Waals surface area contributed by atoms with Gasteiger partial charge in [-0.25, -0.2) is 9.78 Å². The SMILES string of the molecule is CC1(C)S[C@@H]2[C@H](NC(=O)C(CC3C4CCCCCC43)c3csc(N)n3)C(=O)N2[C@H]1C(=O)O. The molecule has 10 heteroatoms. The smallest absolute Gasteiger partial charge is 0.327 e. The maximum Gasteiger partial charge on any atom is 0.327 e. The number of aliphatic carboxylic acids is 1. The number of nitrogen functional groups attached to an aromatic ring is 1. The van der Waals surface area contributed by atoms with Crippen molar-refractivity contribution in [1.82, 2.24) is 15.2 Å². The van der Waals surface area contributed by atoms with E-state index in [0.717, 1.165) is 6.42 Å². The van der Waals surface area contributed by atoms with Crippen LogP contribution < -0.4 is 11.1 Å². The van der Waals surface area contributed by atoms with Crippen LogP contribution in [0.4, 0.5) is 5.13 Å². The fourth-order valence-corrected chi connectivity index (χ4v) is 8.40. The summed E-state index contributed by atoms with van der Waals surface area (Å²) in [6.45, 7) is 3.67. The number of thiazole rings is 1. The molecule has 1 aromatic heterocycles. The predicted octanol–water partition coefficient (Wildman–Crippen LogP) is 2.66. The maximum absolute atomic E-state index is 13.4. The van der Waals surface area contributed by atoms with E-state index in [1.165, 1.54) is 60.1 Å². The number of carboxylic acids is 1. The third-order valence-corrected chi connectivity index (χ3v) is 10.0. The number of carbonyl (C=O) groups excluding carboxylic acids is 2. The summed E-state index contributed by atoms with van der Waals surface area (Å²) in [5, 5.41) is 14.5. The molecule has 4 fully saturated rings. The second kappa shape index (κ2) is 7.90. The molecule has 8 nitrogen and oxygen atoms in total. The fraction of sp³-hybridized carbons (Fsp3) is 0.727. The molecule has 4 aliphatic rings. The number of anilines is 1. The summed E-state index contributed by atoms with van der Waals surface area (Å²) in [4.78, 5) is 43.8. The maximum atomic E-state index is 13.4. The Morgan fingerprint density at radius 3 is 2.59 bits per heavy atom. The number of fused-ring (bicyclic) bond motifs is 2. The van der Waals surface area contributed by atoms with E-state index in [1.807, 2.05) is 19.2 Å². The second-order valence-corrected chi connectivity index (χ2v) is 12.8. The number of aromatic nitrogens is 1. The van der Waals surface area contributed by atoms with E-state index in [0.29, 0.717) is 28.6 Å². The molecule has 174 valence electrons. The predicted molar refractivity (Wildman–Crippen MR) is 123 cm³/mol.